The zero-order valence-corrected chi connectivity index (χ0v) is 12.7. The maximum absolute atomic E-state index is 6.23. The van der Waals surface area contributed by atoms with Crippen LogP contribution < -0.4 is 5.73 Å². The van der Waals surface area contributed by atoms with Crippen LogP contribution >= 0.6 is 0 Å². The van der Waals surface area contributed by atoms with Crippen molar-refractivity contribution in [3.05, 3.63) is 0 Å². The Balaban J connectivity index is 2.59. The van der Waals surface area contributed by atoms with E-state index < -0.39 is 0 Å². The van der Waals surface area contributed by atoms with Crippen molar-refractivity contribution >= 4 is 5.84 Å². The van der Waals surface area contributed by atoms with Crippen LogP contribution in [-0.2, 0) is 0 Å². The SMILES string of the molecule is CC(C)CC(CN(C)C)N=C(N)C1CCCCC1. The molecule has 18 heavy (non-hydrogen) atoms. The van der Waals surface area contributed by atoms with Crippen LogP contribution in [0.3, 0.4) is 0 Å². The molecule has 1 saturated carbocycles. The lowest BCUT2D eigenvalue weighted by atomic mass is 9.88. The molecule has 2 N–H and O–H groups in total. The van der Waals surface area contributed by atoms with E-state index in [0.717, 1.165) is 18.8 Å². The molecule has 0 aliphatic heterocycles. The van der Waals surface area contributed by atoms with Gasteiger partial charge >= 0.3 is 0 Å². The Hall–Kier alpha value is -0.570. The third-order valence-electron chi connectivity index (χ3n) is 3.67. The Morgan fingerprint density at radius 2 is 1.83 bits per heavy atom. The monoisotopic (exact) mass is 253 g/mol. The van der Waals surface area contributed by atoms with Gasteiger partial charge in [-0.1, -0.05) is 33.1 Å². The highest BCUT2D eigenvalue weighted by molar-refractivity contribution is 5.83. The average Bonchev–Trinajstić information content (AvgIpc) is 2.28. The zero-order chi connectivity index (χ0) is 13.5. The summed E-state index contributed by atoms with van der Waals surface area (Å²) in [6.07, 6.45) is 7.63. The summed E-state index contributed by atoms with van der Waals surface area (Å²) in [5.41, 5.74) is 6.23. The maximum atomic E-state index is 6.23. The van der Waals surface area contributed by atoms with Crippen molar-refractivity contribution < 1.29 is 0 Å². The van der Waals surface area contributed by atoms with E-state index in [1.165, 1.54) is 32.1 Å². The van der Waals surface area contributed by atoms with Crippen LogP contribution in [0.15, 0.2) is 4.99 Å². The number of hydrogen-bond acceptors (Lipinski definition) is 2. The van der Waals surface area contributed by atoms with Crippen molar-refractivity contribution in [1.29, 1.82) is 0 Å². The fourth-order valence-electron chi connectivity index (χ4n) is 2.85. The molecule has 0 bridgehead atoms. The van der Waals surface area contributed by atoms with Gasteiger partial charge in [0.1, 0.15) is 0 Å². The molecule has 3 heteroatoms. The minimum Gasteiger partial charge on any atom is -0.387 e. The summed E-state index contributed by atoms with van der Waals surface area (Å²) >= 11 is 0. The molecule has 0 amide bonds. The number of nitrogens with two attached hydrogens (primary N) is 1. The van der Waals surface area contributed by atoms with Gasteiger partial charge in [-0.15, -0.1) is 0 Å². The molecular weight excluding hydrogens is 222 g/mol. The largest absolute Gasteiger partial charge is 0.387 e. The van der Waals surface area contributed by atoms with Gasteiger partial charge in [-0.05, 0) is 39.3 Å². The van der Waals surface area contributed by atoms with Gasteiger partial charge in [-0.25, -0.2) is 0 Å². The molecule has 3 nitrogen and oxygen atoms in total. The van der Waals surface area contributed by atoms with Gasteiger partial charge in [-0.3, -0.25) is 4.99 Å². The summed E-state index contributed by atoms with van der Waals surface area (Å²) in [6.45, 7) is 5.52. The van der Waals surface area contributed by atoms with Gasteiger partial charge in [0.2, 0.25) is 0 Å². The normalized spacial score (nSPS) is 20.7. The molecule has 1 fully saturated rings. The van der Waals surface area contributed by atoms with Crippen LogP contribution in [0, 0.1) is 11.8 Å². The van der Waals surface area contributed by atoms with E-state index in [0.29, 0.717) is 17.9 Å². The molecule has 106 valence electrons. The Morgan fingerprint density at radius 1 is 1.22 bits per heavy atom. The second-order valence-electron chi connectivity index (χ2n) is 6.43. The molecule has 1 aliphatic rings. The predicted octanol–water partition coefficient (Wildman–Crippen LogP) is 2.90. The van der Waals surface area contributed by atoms with Gasteiger partial charge in [0.05, 0.1) is 11.9 Å². The van der Waals surface area contributed by atoms with E-state index in [-0.39, 0.29) is 0 Å². The van der Waals surface area contributed by atoms with Crippen LogP contribution in [0.1, 0.15) is 52.4 Å². The smallest absolute Gasteiger partial charge is 0.0972 e. The first-order valence-electron chi connectivity index (χ1n) is 7.47. The average molecular weight is 253 g/mol. The van der Waals surface area contributed by atoms with Gasteiger partial charge in [0.25, 0.3) is 0 Å². The lowest BCUT2D eigenvalue weighted by molar-refractivity contribution is 0.343. The van der Waals surface area contributed by atoms with E-state index in [1.54, 1.807) is 0 Å². The zero-order valence-electron chi connectivity index (χ0n) is 12.7. The molecular formula is C15H31N3. The predicted molar refractivity (Wildman–Crippen MR) is 80.0 cm³/mol. The highest BCUT2D eigenvalue weighted by atomic mass is 15.1. The molecule has 0 heterocycles. The summed E-state index contributed by atoms with van der Waals surface area (Å²) < 4.78 is 0. The molecule has 1 aliphatic carbocycles. The van der Waals surface area contributed by atoms with E-state index in [9.17, 15) is 0 Å². The van der Waals surface area contributed by atoms with Gasteiger partial charge in [-0.2, -0.15) is 0 Å². The van der Waals surface area contributed by atoms with Crippen LogP contribution in [0.4, 0.5) is 0 Å². The van der Waals surface area contributed by atoms with E-state index in [4.69, 9.17) is 10.7 Å². The van der Waals surface area contributed by atoms with Gasteiger partial charge in [0, 0.05) is 12.5 Å². The number of hydrogen-bond donors (Lipinski definition) is 1. The minimum absolute atomic E-state index is 0.363. The van der Waals surface area contributed by atoms with Crippen LogP contribution in [0.25, 0.3) is 0 Å². The number of rotatable bonds is 6. The summed E-state index contributed by atoms with van der Waals surface area (Å²) in [6, 6.07) is 0.363. The first kappa shape index (κ1) is 15.5. The molecule has 1 unspecified atom stereocenters. The van der Waals surface area contributed by atoms with Gasteiger partial charge < -0.3 is 10.6 Å². The van der Waals surface area contributed by atoms with E-state index in [2.05, 4.69) is 32.8 Å². The number of nitrogens with zero attached hydrogens (tertiary/aromatic N) is 2. The Labute approximate surface area is 113 Å². The third kappa shape index (κ3) is 5.85. The van der Waals surface area contributed by atoms with Crippen molar-refractivity contribution in [2.45, 2.75) is 58.4 Å². The van der Waals surface area contributed by atoms with Crippen molar-refractivity contribution in [2.24, 2.45) is 22.6 Å². The Morgan fingerprint density at radius 3 is 2.33 bits per heavy atom. The lowest BCUT2D eigenvalue weighted by Crippen LogP contribution is -2.32. The van der Waals surface area contributed by atoms with Crippen molar-refractivity contribution in [2.75, 3.05) is 20.6 Å². The molecule has 0 saturated heterocycles. The number of likely N-dealkylation sites (N-methyl/N-ethyl adjacent to an activating group) is 1. The van der Waals surface area contributed by atoms with Crippen molar-refractivity contribution in [3.63, 3.8) is 0 Å². The van der Waals surface area contributed by atoms with E-state index in [1.807, 2.05) is 0 Å². The molecule has 0 radical (unpaired) electrons. The van der Waals surface area contributed by atoms with Crippen molar-refractivity contribution in [3.8, 4) is 0 Å². The highest BCUT2D eigenvalue weighted by Gasteiger charge is 2.19. The van der Waals surface area contributed by atoms with E-state index >= 15 is 0 Å². The van der Waals surface area contributed by atoms with Crippen molar-refractivity contribution in [1.82, 2.24) is 4.90 Å². The summed E-state index contributed by atoms with van der Waals surface area (Å²) in [5, 5.41) is 0. The van der Waals surface area contributed by atoms with Crippen LogP contribution in [0.5, 0.6) is 0 Å². The summed E-state index contributed by atoms with van der Waals surface area (Å²) in [4.78, 5) is 7.05. The van der Waals surface area contributed by atoms with Crippen LogP contribution in [0.2, 0.25) is 0 Å². The molecule has 0 spiro atoms. The second-order valence-corrected chi connectivity index (χ2v) is 6.43. The summed E-state index contributed by atoms with van der Waals surface area (Å²) in [7, 11) is 4.22. The fourth-order valence-corrected chi connectivity index (χ4v) is 2.85. The Kier molecular flexibility index (Phi) is 6.69. The quantitative estimate of drug-likeness (QED) is 0.584. The second kappa shape index (κ2) is 7.78. The van der Waals surface area contributed by atoms with Crippen LogP contribution in [-0.4, -0.2) is 37.4 Å². The van der Waals surface area contributed by atoms with Gasteiger partial charge in [0.15, 0.2) is 0 Å². The first-order chi connectivity index (χ1) is 8.49. The maximum Gasteiger partial charge on any atom is 0.0972 e. The first-order valence-corrected chi connectivity index (χ1v) is 7.47. The Bertz CT molecular complexity index is 242. The number of amidine groups is 1. The highest BCUT2D eigenvalue weighted by Crippen LogP contribution is 2.24. The molecule has 0 aromatic heterocycles. The molecule has 0 aromatic rings. The molecule has 1 atom stereocenters. The molecule has 1 rings (SSSR count). The fraction of sp³-hybridized carbons (Fsp3) is 0.933. The number of aliphatic imine (C=N–C) groups is 1. The minimum atomic E-state index is 0.363. The lowest BCUT2D eigenvalue weighted by Gasteiger charge is -2.24. The third-order valence-corrected chi connectivity index (χ3v) is 3.67. The topological polar surface area (TPSA) is 41.6 Å². The molecule has 0 aromatic carbocycles. The standard InChI is InChI=1S/C15H31N3/c1-12(2)10-14(11-18(3)4)17-15(16)13-8-6-5-7-9-13/h12-14H,5-11H2,1-4H3,(H2,16,17). The summed E-state index contributed by atoms with van der Waals surface area (Å²) in [5.74, 6) is 2.15.